The molecule has 0 saturated heterocycles. The molecule has 0 saturated carbocycles. The average Bonchev–Trinajstić information content (AvgIpc) is 2.82. The van der Waals surface area contributed by atoms with Crippen molar-refractivity contribution < 1.29 is 14.6 Å². The number of aromatic nitrogens is 3. The van der Waals surface area contributed by atoms with Crippen LogP contribution in [0.1, 0.15) is 32.0 Å². The molecule has 8 radical (unpaired) electrons. The van der Waals surface area contributed by atoms with Crippen molar-refractivity contribution in [3.8, 4) is 23.0 Å². The third kappa shape index (κ3) is 6.65. The molecule has 0 spiro atoms. The minimum atomic E-state index is -2.56. The van der Waals surface area contributed by atoms with E-state index in [2.05, 4.69) is 20.6 Å². The summed E-state index contributed by atoms with van der Waals surface area (Å²) in [5.41, 5.74) is 3.54. The Morgan fingerprint density at radius 3 is 2.35 bits per heavy atom. The molecule has 3 heterocycles. The van der Waals surface area contributed by atoms with Gasteiger partial charge in [0.15, 0.2) is 0 Å². The van der Waals surface area contributed by atoms with E-state index in [0.29, 0.717) is 40.8 Å². The lowest BCUT2D eigenvalue weighted by atomic mass is 9.42. The molecule has 4 N–H and O–H groups in total. The second kappa shape index (κ2) is 11.3. The van der Waals surface area contributed by atoms with Gasteiger partial charge in [0.1, 0.15) is 37.1 Å². The van der Waals surface area contributed by atoms with Crippen LogP contribution in [0.15, 0.2) is 42.7 Å². The smallest absolute Gasteiger partial charge is 0.221 e. The summed E-state index contributed by atoms with van der Waals surface area (Å²) < 4.78 is 10.9. The van der Waals surface area contributed by atoms with E-state index in [1.807, 2.05) is 26.0 Å². The predicted octanol–water partition coefficient (Wildman–Crippen LogP) is 1.72. The molecule has 0 bridgehead atoms. The summed E-state index contributed by atoms with van der Waals surface area (Å²) in [5.74, 6) is 0.430. The number of nitrogens with zero attached hydrogens (tertiary/aromatic N) is 3. The normalized spacial score (nSPS) is 11.7. The molecule has 0 atom stereocenters. The van der Waals surface area contributed by atoms with Gasteiger partial charge in [-0.15, -0.1) is 0 Å². The topological polar surface area (TPSA) is 125 Å². The van der Waals surface area contributed by atoms with Gasteiger partial charge in [-0.25, -0.2) is 15.0 Å². The molecular formula is C24H26B4N6O3. The Bertz CT molecular complexity index is 1270. The van der Waals surface area contributed by atoms with Crippen LogP contribution in [0.25, 0.3) is 11.3 Å². The predicted molar refractivity (Wildman–Crippen MR) is 148 cm³/mol. The fraction of sp³-hybridized carbons (Fsp3) is 0.333. The molecule has 0 aromatic carbocycles. The first-order valence-electron chi connectivity index (χ1n) is 11.4. The van der Waals surface area contributed by atoms with Gasteiger partial charge in [0, 0.05) is 41.3 Å². The fourth-order valence-corrected chi connectivity index (χ4v) is 3.37. The molecule has 182 valence electrons. The molecule has 0 aliphatic heterocycles. The van der Waals surface area contributed by atoms with Crippen molar-refractivity contribution in [1.82, 2.24) is 15.0 Å². The number of rotatable bonds is 11. The lowest BCUT2D eigenvalue weighted by Crippen LogP contribution is -2.60. The Hall–Kier alpha value is -3.46. The highest BCUT2D eigenvalue weighted by Gasteiger charge is 2.36. The maximum absolute atomic E-state index is 9.95. The van der Waals surface area contributed by atoms with Crippen LogP contribution in [0.2, 0.25) is 0 Å². The second-order valence-electron chi connectivity index (χ2n) is 8.80. The molecule has 0 aliphatic rings. The van der Waals surface area contributed by atoms with Gasteiger partial charge in [-0.3, -0.25) is 0 Å². The molecular weight excluding hydrogens is 464 g/mol. The van der Waals surface area contributed by atoms with Crippen molar-refractivity contribution in [2.75, 3.05) is 17.7 Å². The molecule has 13 heteroatoms. The third-order valence-corrected chi connectivity index (χ3v) is 5.26. The van der Waals surface area contributed by atoms with E-state index in [1.54, 1.807) is 38.4 Å². The average molecular weight is 490 g/mol. The number of methoxy groups -OCH3 is 1. The standard InChI is InChI=1S/C24H26B4N6O3/c1-13(2)33-20-18(32-12-15-7-5-9-30-21(15)36-4)11-17(34-19(20)14(3)29)16-8-6-10-31-22(16)37-24(27,28)23(25,26)35/h5-11,13,29,33,35H,12H2,1-4H3,(H,32,34). The van der Waals surface area contributed by atoms with Crippen LogP contribution in [0.5, 0.6) is 11.8 Å². The van der Waals surface area contributed by atoms with Crippen LogP contribution >= 0.6 is 0 Å². The lowest BCUT2D eigenvalue weighted by Gasteiger charge is -2.40. The minimum absolute atomic E-state index is 0.0541. The van der Waals surface area contributed by atoms with Gasteiger partial charge < -0.3 is 30.6 Å². The first-order valence-corrected chi connectivity index (χ1v) is 11.4. The van der Waals surface area contributed by atoms with E-state index in [9.17, 15) is 5.11 Å². The van der Waals surface area contributed by atoms with Crippen molar-refractivity contribution in [1.29, 1.82) is 5.41 Å². The van der Waals surface area contributed by atoms with Crippen molar-refractivity contribution in [2.45, 2.75) is 44.2 Å². The molecule has 9 nitrogen and oxygen atoms in total. The number of anilines is 2. The molecule has 37 heavy (non-hydrogen) atoms. The highest BCUT2D eigenvalue weighted by Crippen LogP contribution is 2.36. The number of pyridine rings is 3. The number of hydrogen-bond acceptors (Lipinski definition) is 9. The van der Waals surface area contributed by atoms with Gasteiger partial charge in [0.2, 0.25) is 11.8 Å². The molecule has 3 rings (SSSR count). The summed E-state index contributed by atoms with van der Waals surface area (Å²) in [6.07, 6.45) is 3.10. The monoisotopic (exact) mass is 490 g/mol. The quantitative estimate of drug-likeness (QED) is 0.237. The van der Waals surface area contributed by atoms with Crippen LogP contribution in [0.4, 0.5) is 11.4 Å². The first-order chi connectivity index (χ1) is 17.3. The van der Waals surface area contributed by atoms with E-state index in [-0.39, 0.29) is 17.6 Å². The van der Waals surface area contributed by atoms with Gasteiger partial charge in [-0.2, -0.15) is 0 Å². The zero-order chi connectivity index (χ0) is 27.4. The SMILES string of the molecule is [B]C([B])(O)C([B])([B])Oc1ncccc1-c1cc(NCc2cccnc2OC)c(NC(C)C)c(C(C)=N)n1. The van der Waals surface area contributed by atoms with Crippen LogP contribution in [-0.4, -0.2) is 81.1 Å². The Morgan fingerprint density at radius 1 is 1.11 bits per heavy atom. The molecule has 0 amide bonds. The first kappa shape index (κ1) is 28.1. The number of nitrogens with one attached hydrogen (secondary N) is 3. The fourth-order valence-electron chi connectivity index (χ4n) is 3.37. The largest absolute Gasteiger partial charge is 0.490 e. The van der Waals surface area contributed by atoms with E-state index < -0.39 is 10.8 Å². The van der Waals surface area contributed by atoms with Crippen molar-refractivity contribution >= 4 is 48.5 Å². The molecule has 3 aromatic rings. The molecule has 0 unspecified atom stereocenters. The summed E-state index contributed by atoms with van der Waals surface area (Å²) in [6, 6.07) is 8.89. The summed E-state index contributed by atoms with van der Waals surface area (Å²) in [4.78, 5) is 13.1. The Labute approximate surface area is 222 Å². The number of ether oxygens (including phenoxy) is 2. The number of aliphatic hydroxyl groups is 1. The van der Waals surface area contributed by atoms with Crippen LogP contribution < -0.4 is 20.1 Å². The van der Waals surface area contributed by atoms with Crippen LogP contribution in [0.3, 0.4) is 0 Å². The van der Waals surface area contributed by atoms with Crippen molar-refractivity contribution in [2.24, 2.45) is 0 Å². The second-order valence-corrected chi connectivity index (χ2v) is 8.80. The Balaban J connectivity index is 2.14. The van der Waals surface area contributed by atoms with Gasteiger partial charge in [-0.1, -0.05) is 6.07 Å². The van der Waals surface area contributed by atoms with E-state index in [0.717, 1.165) is 5.56 Å². The highest BCUT2D eigenvalue weighted by molar-refractivity contribution is 6.53. The van der Waals surface area contributed by atoms with Gasteiger partial charge in [-0.05, 0) is 45.0 Å². The maximum Gasteiger partial charge on any atom is 0.221 e. The Morgan fingerprint density at radius 2 is 1.76 bits per heavy atom. The molecule has 3 aromatic heterocycles. The van der Waals surface area contributed by atoms with Gasteiger partial charge >= 0.3 is 0 Å². The Kier molecular flexibility index (Phi) is 8.58. The molecule has 0 fully saturated rings. The van der Waals surface area contributed by atoms with Gasteiger partial charge in [0.05, 0.1) is 35.5 Å². The summed E-state index contributed by atoms with van der Waals surface area (Å²) in [6.45, 7) is 5.99. The zero-order valence-corrected chi connectivity index (χ0v) is 21.2. The third-order valence-electron chi connectivity index (χ3n) is 5.26. The molecule has 0 aliphatic carbocycles. The summed E-state index contributed by atoms with van der Waals surface area (Å²) in [5, 5.41) is 20.2. The summed E-state index contributed by atoms with van der Waals surface area (Å²) >= 11 is 0. The minimum Gasteiger partial charge on any atom is -0.490 e. The van der Waals surface area contributed by atoms with Crippen molar-refractivity contribution in [3.05, 3.63) is 54.0 Å². The number of hydrogen-bond donors (Lipinski definition) is 4. The van der Waals surface area contributed by atoms with Gasteiger partial charge in [0.25, 0.3) is 0 Å². The lowest BCUT2D eigenvalue weighted by molar-refractivity contribution is 0.0785. The van der Waals surface area contributed by atoms with Crippen molar-refractivity contribution in [3.63, 3.8) is 0 Å². The van der Waals surface area contributed by atoms with E-state index in [4.69, 9.17) is 51.3 Å². The highest BCUT2D eigenvalue weighted by atomic mass is 16.5. The maximum atomic E-state index is 9.95. The van der Waals surface area contributed by atoms with E-state index in [1.165, 1.54) is 6.20 Å². The van der Waals surface area contributed by atoms with Crippen LogP contribution in [0, 0.1) is 5.41 Å². The van der Waals surface area contributed by atoms with Crippen LogP contribution in [-0.2, 0) is 6.54 Å². The van der Waals surface area contributed by atoms with E-state index >= 15 is 0 Å². The zero-order valence-electron chi connectivity index (χ0n) is 21.2. The summed E-state index contributed by atoms with van der Waals surface area (Å²) in [7, 11) is 24.1.